The molecule has 1 aromatic carbocycles. The first-order valence-corrected chi connectivity index (χ1v) is 5.30. The van der Waals surface area contributed by atoms with Gasteiger partial charge in [-0.15, -0.1) is 0 Å². The molecule has 84 valence electrons. The highest BCUT2D eigenvalue weighted by Crippen LogP contribution is 2.30. The van der Waals surface area contributed by atoms with E-state index in [1.807, 2.05) is 0 Å². The van der Waals surface area contributed by atoms with Crippen molar-refractivity contribution >= 4 is 23.2 Å². The fraction of sp³-hybridized carbons (Fsp3) is 0.200. The molecular weight excluding hydrogens is 249 g/mol. The van der Waals surface area contributed by atoms with E-state index in [1.165, 1.54) is 17.3 Å². The third-order valence-electron chi connectivity index (χ3n) is 2.31. The maximum atomic E-state index is 10.4. The largest absolute Gasteiger partial charge is 0.365 e. The molecular formula is C10H9Cl2N3O. The van der Waals surface area contributed by atoms with Crippen LogP contribution in [0.5, 0.6) is 0 Å². The number of nitrogens with zero attached hydrogens (tertiary/aromatic N) is 3. The zero-order valence-electron chi connectivity index (χ0n) is 8.43. The third-order valence-corrected chi connectivity index (χ3v) is 2.85. The predicted octanol–water partition coefficient (Wildman–Crippen LogP) is 2.30. The Balaban J connectivity index is 2.51. The van der Waals surface area contributed by atoms with Crippen molar-refractivity contribution in [2.45, 2.75) is 12.6 Å². The second-order valence-electron chi connectivity index (χ2n) is 3.49. The molecule has 0 aliphatic heterocycles. The minimum Gasteiger partial charge on any atom is -0.365 e. The molecule has 1 atom stereocenters. The van der Waals surface area contributed by atoms with Crippen LogP contribution in [0.4, 0.5) is 0 Å². The van der Waals surface area contributed by atoms with E-state index in [9.17, 15) is 5.11 Å². The highest BCUT2D eigenvalue weighted by Gasteiger charge is 2.28. The van der Waals surface area contributed by atoms with Crippen molar-refractivity contribution in [1.82, 2.24) is 14.8 Å². The Labute approximate surface area is 102 Å². The summed E-state index contributed by atoms with van der Waals surface area (Å²) < 4.78 is 1.32. The van der Waals surface area contributed by atoms with Crippen molar-refractivity contribution in [3.05, 3.63) is 46.5 Å². The standard InChI is InChI=1S/C10H9Cl2N3O/c1-10(16,15-6-13-5-14-15)8-3-2-7(11)4-9(8)12/h2-6,16H,1H3. The number of aromatic nitrogens is 3. The lowest BCUT2D eigenvalue weighted by Crippen LogP contribution is -2.31. The summed E-state index contributed by atoms with van der Waals surface area (Å²) in [6.07, 6.45) is 2.77. The van der Waals surface area contributed by atoms with Crippen LogP contribution in [0.2, 0.25) is 10.0 Å². The Hall–Kier alpha value is -1.10. The van der Waals surface area contributed by atoms with E-state index >= 15 is 0 Å². The van der Waals surface area contributed by atoms with Gasteiger partial charge in [-0.1, -0.05) is 29.3 Å². The average Bonchev–Trinajstić information content (AvgIpc) is 2.69. The van der Waals surface area contributed by atoms with Crippen molar-refractivity contribution in [3.63, 3.8) is 0 Å². The molecule has 1 heterocycles. The molecule has 0 spiro atoms. The number of hydrogen-bond acceptors (Lipinski definition) is 3. The van der Waals surface area contributed by atoms with E-state index in [1.54, 1.807) is 25.1 Å². The zero-order valence-corrected chi connectivity index (χ0v) is 9.94. The van der Waals surface area contributed by atoms with Crippen molar-refractivity contribution in [1.29, 1.82) is 0 Å². The van der Waals surface area contributed by atoms with Crippen LogP contribution in [0.25, 0.3) is 0 Å². The second-order valence-corrected chi connectivity index (χ2v) is 4.33. The average molecular weight is 258 g/mol. The number of aliphatic hydroxyl groups is 1. The number of halogens is 2. The summed E-state index contributed by atoms with van der Waals surface area (Å²) in [5, 5.41) is 15.1. The quantitative estimate of drug-likeness (QED) is 0.899. The number of rotatable bonds is 2. The van der Waals surface area contributed by atoms with Crippen LogP contribution in [-0.2, 0) is 5.72 Å². The van der Waals surface area contributed by atoms with Crippen LogP contribution >= 0.6 is 23.2 Å². The molecule has 6 heteroatoms. The number of benzene rings is 1. The summed E-state index contributed by atoms with van der Waals surface area (Å²) in [5.74, 6) is 0. The molecule has 2 aromatic rings. The lowest BCUT2D eigenvalue weighted by molar-refractivity contribution is 0.0126. The third kappa shape index (κ3) is 1.91. The topological polar surface area (TPSA) is 50.9 Å². The van der Waals surface area contributed by atoms with Gasteiger partial charge in [-0.2, -0.15) is 5.10 Å². The maximum Gasteiger partial charge on any atom is 0.184 e. The molecule has 1 aromatic heterocycles. The van der Waals surface area contributed by atoms with Gasteiger partial charge in [0, 0.05) is 10.6 Å². The van der Waals surface area contributed by atoms with Crippen LogP contribution in [0.15, 0.2) is 30.9 Å². The van der Waals surface area contributed by atoms with Gasteiger partial charge in [0.15, 0.2) is 5.72 Å². The van der Waals surface area contributed by atoms with Gasteiger partial charge in [-0.25, -0.2) is 9.67 Å². The van der Waals surface area contributed by atoms with Gasteiger partial charge in [-0.3, -0.25) is 0 Å². The molecule has 0 radical (unpaired) electrons. The molecule has 0 fully saturated rings. The van der Waals surface area contributed by atoms with Crippen molar-refractivity contribution < 1.29 is 5.11 Å². The highest BCUT2D eigenvalue weighted by molar-refractivity contribution is 6.35. The molecule has 0 amide bonds. The fourth-order valence-electron chi connectivity index (χ4n) is 1.43. The highest BCUT2D eigenvalue weighted by atomic mass is 35.5. The van der Waals surface area contributed by atoms with Crippen LogP contribution in [0, 0.1) is 0 Å². The predicted molar refractivity (Wildman–Crippen MR) is 61.5 cm³/mol. The van der Waals surface area contributed by atoms with E-state index in [4.69, 9.17) is 23.2 Å². The minimum atomic E-state index is -1.35. The van der Waals surface area contributed by atoms with Crippen LogP contribution in [0.1, 0.15) is 12.5 Å². The van der Waals surface area contributed by atoms with Gasteiger partial charge in [-0.05, 0) is 19.1 Å². The van der Waals surface area contributed by atoms with Gasteiger partial charge < -0.3 is 5.11 Å². The van der Waals surface area contributed by atoms with Gasteiger partial charge in [0.05, 0.1) is 5.02 Å². The smallest absolute Gasteiger partial charge is 0.184 e. The summed E-state index contributed by atoms with van der Waals surface area (Å²) in [6.45, 7) is 1.58. The fourth-order valence-corrected chi connectivity index (χ4v) is 2.02. The normalized spacial score (nSPS) is 14.8. The van der Waals surface area contributed by atoms with Crippen LogP contribution in [0.3, 0.4) is 0 Å². The monoisotopic (exact) mass is 257 g/mol. The first kappa shape index (κ1) is 11.4. The Kier molecular flexibility index (Phi) is 2.88. The molecule has 0 bridgehead atoms. The lowest BCUT2D eigenvalue weighted by atomic mass is 10.1. The zero-order chi connectivity index (χ0) is 11.8. The Morgan fingerprint density at radius 3 is 2.69 bits per heavy atom. The maximum absolute atomic E-state index is 10.4. The summed E-state index contributed by atoms with van der Waals surface area (Å²) in [6, 6.07) is 4.89. The summed E-state index contributed by atoms with van der Waals surface area (Å²) >= 11 is 11.8. The van der Waals surface area contributed by atoms with Gasteiger partial charge in [0.1, 0.15) is 12.7 Å². The minimum absolute atomic E-state index is 0.382. The van der Waals surface area contributed by atoms with Gasteiger partial charge in [0.2, 0.25) is 0 Å². The van der Waals surface area contributed by atoms with Gasteiger partial charge in [0.25, 0.3) is 0 Å². The molecule has 2 rings (SSSR count). The molecule has 1 N–H and O–H groups in total. The van der Waals surface area contributed by atoms with Gasteiger partial charge >= 0.3 is 0 Å². The second kappa shape index (κ2) is 4.05. The molecule has 4 nitrogen and oxygen atoms in total. The Morgan fingerprint density at radius 2 is 2.12 bits per heavy atom. The van der Waals surface area contributed by atoms with E-state index in [2.05, 4.69) is 10.1 Å². The summed E-state index contributed by atoms with van der Waals surface area (Å²) in [7, 11) is 0. The van der Waals surface area contributed by atoms with Crippen LogP contribution in [-0.4, -0.2) is 19.9 Å². The van der Waals surface area contributed by atoms with Crippen LogP contribution < -0.4 is 0 Å². The molecule has 0 aliphatic carbocycles. The summed E-state index contributed by atoms with van der Waals surface area (Å²) in [4.78, 5) is 3.78. The van der Waals surface area contributed by atoms with E-state index in [0.29, 0.717) is 15.6 Å². The Bertz CT molecular complexity index is 497. The van der Waals surface area contributed by atoms with E-state index in [-0.39, 0.29) is 0 Å². The van der Waals surface area contributed by atoms with Crippen molar-refractivity contribution in [2.24, 2.45) is 0 Å². The first-order valence-electron chi connectivity index (χ1n) is 4.55. The molecule has 16 heavy (non-hydrogen) atoms. The molecule has 1 unspecified atom stereocenters. The summed E-state index contributed by atoms with van der Waals surface area (Å²) in [5.41, 5.74) is -0.831. The number of hydrogen-bond donors (Lipinski definition) is 1. The van der Waals surface area contributed by atoms with Crippen molar-refractivity contribution in [2.75, 3.05) is 0 Å². The van der Waals surface area contributed by atoms with Crippen molar-refractivity contribution in [3.8, 4) is 0 Å². The molecule has 0 aliphatic rings. The first-order chi connectivity index (χ1) is 7.51. The molecule has 0 saturated carbocycles. The lowest BCUT2D eigenvalue weighted by Gasteiger charge is -2.24. The molecule has 0 saturated heterocycles. The van der Waals surface area contributed by atoms with E-state index < -0.39 is 5.72 Å². The SMILES string of the molecule is CC(O)(c1ccc(Cl)cc1Cl)n1cncn1. The Morgan fingerprint density at radius 1 is 1.38 bits per heavy atom. The van der Waals surface area contributed by atoms with E-state index in [0.717, 1.165) is 0 Å².